The third kappa shape index (κ3) is 5.87. The Bertz CT molecular complexity index is 1070. The van der Waals surface area contributed by atoms with Crippen LogP contribution in [-0.4, -0.2) is 43.7 Å². The van der Waals surface area contributed by atoms with Gasteiger partial charge in [0.25, 0.3) is 0 Å². The maximum absolute atomic E-state index is 10.8. The number of benzene rings is 2. The van der Waals surface area contributed by atoms with Gasteiger partial charge < -0.3 is 15.3 Å². The van der Waals surface area contributed by atoms with Gasteiger partial charge in [0, 0.05) is 23.1 Å². The minimum Gasteiger partial charge on any atom is -0.481 e. The van der Waals surface area contributed by atoms with E-state index in [2.05, 4.69) is 10.2 Å². The lowest BCUT2D eigenvalue weighted by Gasteiger charge is -2.18. The summed E-state index contributed by atoms with van der Waals surface area (Å²) in [4.78, 5) is 10.8. The maximum Gasteiger partial charge on any atom is 0.305 e. The van der Waals surface area contributed by atoms with E-state index < -0.39 is 24.6 Å². The number of rotatable bonds is 9. The second-order valence-electron chi connectivity index (χ2n) is 8.02. The molecule has 3 aromatic rings. The van der Waals surface area contributed by atoms with Crippen LogP contribution in [0.1, 0.15) is 43.9 Å². The van der Waals surface area contributed by atoms with Crippen molar-refractivity contribution in [3.63, 3.8) is 0 Å². The highest BCUT2D eigenvalue weighted by molar-refractivity contribution is 5.87. The molecule has 1 aromatic heterocycles. The number of carboxylic acid groups (broad SMARTS) is 1. The van der Waals surface area contributed by atoms with E-state index >= 15 is 0 Å². The average Bonchev–Trinajstić information content (AvgIpc) is 2.77. The van der Waals surface area contributed by atoms with Gasteiger partial charge in [0.2, 0.25) is 0 Å². The largest absolute Gasteiger partial charge is 0.481 e. The van der Waals surface area contributed by atoms with Crippen LogP contribution in [0.2, 0.25) is 0 Å². The van der Waals surface area contributed by atoms with E-state index in [4.69, 9.17) is 5.11 Å². The molecule has 0 saturated carbocycles. The van der Waals surface area contributed by atoms with Crippen molar-refractivity contribution in [2.24, 2.45) is 0 Å². The van der Waals surface area contributed by atoms with Gasteiger partial charge in [0.05, 0.1) is 24.3 Å². The molecule has 3 rings (SSSR count). The molecular formula is C26H28N2O4. The summed E-state index contributed by atoms with van der Waals surface area (Å²) in [6, 6.07) is 19.7. The molecule has 166 valence electrons. The third-order valence-electron chi connectivity index (χ3n) is 5.11. The van der Waals surface area contributed by atoms with E-state index in [9.17, 15) is 15.0 Å². The van der Waals surface area contributed by atoms with Gasteiger partial charge >= 0.3 is 5.97 Å². The van der Waals surface area contributed by atoms with E-state index in [1.807, 2.05) is 74.5 Å². The number of aliphatic hydroxyl groups excluding tert-OH is 2. The van der Waals surface area contributed by atoms with E-state index in [0.717, 1.165) is 33.6 Å². The zero-order valence-corrected chi connectivity index (χ0v) is 18.2. The standard InChI is InChI=1S/C26H28N2O4/c1-17(2)25-22(14-13-20(29)15-21(30)16-23(31)32)24(18-9-5-3-6-10-18)26(28-27-25)19-11-7-4-8-12-19/h3-14,17,20-21,29-30H,15-16H2,1-2H3,(H,31,32)/b14-13+/t20-,21?/m1/s1. The van der Waals surface area contributed by atoms with Gasteiger partial charge in [-0.1, -0.05) is 86.7 Å². The number of aliphatic hydroxyl groups is 2. The molecule has 2 aromatic carbocycles. The first-order chi connectivity index (χ1) is 15.4. The van der Waals surface area contributed by atoms with Crippen molar-refractivity contribution in [3.8, 4) is 22.4 Å². The maximum atomic E-state index is 10.8. The average molecular weight is 433 g/mol. The number of aliphatic carboxylic acids is 1. The molecule has 32 heavy (non-hydrogen) atoms. The molecule has 0 saturated heterocycles. The van der Waals surface area contributed by atoms with Gasteiger partial charge in [0.1, 0.15) is 5.69 Å². The molecule has 3 N–H and O–H groups in total. The molecule has 0 spiro atoms. The summed E-state index contributed by atoms with van der Waals surface area (Å²) in [7, 11) is 0. The Kier molecular flexibility index (Phi) is 7.87. The molecule has 1 unspecified atom stereocenters. The second-order valence-corrected chi connectivity index (χ2v) is 8.02. The van der Waals surface area contributed by atoms with Crippen molar-refractivity contribution in [1.29, 1.82) is 0 Å². The predicted octanol–water partition coefficient (Wildman–Crippen LogP) is 4.53. The highest BCUT2D eigenvalue weighted by atomic mass is 16.4. The summed E-state index contributed by atoms with van der Waals surface area (Å²) < 4.78 is 0. The Morgan fingerprint density at radius 2 is 1.53 bits per heavy atom. The van der Waals surface area contributed by atoms with E-state index in [0.29, 0.717) is 0 Å². The van der Waals surface area contributed by atoms with E-state index in [-0.39, 0.29) is 12.3 Å². The van der Waals surface area contributed by atoms with Crippen LogP contribution in [0.5, 0.6) is 0 Å². The molecule has 6 heteroatoms. The number of carbonyl (C=O) groups is 1. The Balaban J connectivity index is 2.11. The summed E-state index contributed by atoms with van der Waals surface area (Å²) in [5, 5.41) is 38.2. The molecule has 6 nitrogen and oxygen atoms in total. The summed E-state index contributed by atoms with van der Waals surface area (Å²) >= 11 is 0. The molecule has 0 aliphatic rings. The highest BCUT2D eigenvalue weighted by Crippen LogP contribution is 2.36. The Morgan fingerprint density at radius 3 is 2.09 bits per heavy atom. The fourth-order valence-electron chi connectivity index (χ4n) is 3.60. The smallest absolute Gasteiger partial charge is 0.305 e. The lowest BCUT2D eigenvalue weighted by Crippen LogP contribution is -2.19. The van der Waals surface area contributed by atoms with Crippen molar-refractivity contribution >= 4 is 12.0 Å². The van der Waals surface area contributed by atoms with Gasteiger partial charge in [-0.25, -0.2) is 0 Å². The van der Waals surface area contributed by atoms with Crippen LogP contribution < -0.4 is 0 Å². The van der Waals surface area contributed by atoms with Crippen molar-refractivity contribution in [2.75, 3.05) is 0 Å². The van der Waals surface area contributed by atoms with E-state index in [1.165, 1.54) is 0 Å². The first kappa shape index (κ1) is 23.3. The first-order valence-corrected chi connectivity index (χ1v) is 10.6. The predicted molar refractivity (Wildman–Crippen MR) is 125 cm³/mol. The molecule has 0 fully saturated rings. The van der Waals surface area contributed by atoms with Crippen LogP contribution in [0.4, 0.5) is 0 Å². The second kappa shape index (κ2) is 10.8. The molecule has 0 aliphatic carbocycles. The summed E-state index contributed by atoms with van der Waals surface area (Å²) in [5.74, 6) is -1.02. The quantitative estimate of drug-likeness (QED) is 0.459. The van der Waals surface area contributed by atoms with Crippen LogP contribution in [0.3, 0.4) is 0 Å². The van der Waals surface area contributed by atoms with Crippen molar-refractivity contribution in [2.45, 2.75) is 44.8 Å². The number of carboxylic acids is 1. The fraction of sp³-hybridized carbons (Fsp3) is 0.269. The third-order valence-corrected chi connectivity index (χ3v) is 5.11. The zero-order valence-electron chi connectivity index (χ0n) is 18.2. The number of hydrogen-bond acceptors (Lipinski definition) is 5. The molecule has 0 amide bonds. The molecule has 2 atom stereocenters. The summed E-state index contributed by atoms with van der Waals surface area (Å²) in [5.41, 5.74) is 5.18. The Morgan fingerprint density at radius 1 is 0.938 bits per heavy atom. The zero-order chi connectivity index (χ0) is 23.1. The molecule has 0 aliphatic heterocycles. The SMILES string of the molecule is CC(C)c1nnc(-c2ccccc2)c(-c2ccccc2)c1/C=C/[C@@H](O)CC(O)CC(=O)O. The van der Waals surface area contributed by atoms with Crippen molar-refractivity contribution in [1.82, 2.24) is 10.2 Å². The monoisotopic (exact) mass is 432 g/mol. The fourth-order valence-corrected chi connectivity index (χ4v) is 3.60. The van der Waals surface area contributed by atoms with Crippen LogP contribution >= 0.6 is 0 Å². The number of aromatic nitrogens is 2. The van der Waals surface area contributed by atoms with Crippen LogP contribution in [0, 0.1) is 0 Å². The van der Waals surface area contributed by atoms with Gasteiger partial charge in [-0.2, -0.15) is 5.10 Å². The van der Waals surface area contributed by atoms with E-state index in [1.54, 1.807) is 12.2 Å². The van der Waals surface area contributed by atoms with Crippen LogP contribution in [0.15, 0.2) is 66.7 Å². The topological polar surface area (TPSA) is 104 Å². The molecule has 0 bridgehead atoms. The van der Waals surface area contributed by atoms with Crippen LogP contribution in [-0.2, 0) is 4.79 Å². The first-order valence-electron chi connectivity index (χ1n) is 10.6. The number of hydrogen-bond donors (Lipinski definition) is 3. The number of nitrogens with zero attached hydrogens (tertiary/aromatic N) is 2. The van der Waals surface area contributed by atoms with Gasteiger partial charge in [-0.15, -0.1) is 5.10 Å². The minimum absolute atomic E-state index is 0.0649. The molecular weight excluding hydrogens is 404 g/mol. The molecule has 1 heterocycles. The lowest BCUT2D eigenvalue weighted by atomic mass is 9.90. The normalized spacial score (nSPS) is 13.4. The lowest BCUT2D eigenvalue weighted by molar-refractivity contribution is -0.139. The van der Waals surface area contributed by atoms with Crippen molar-refractivity contribution in [3.05, 3.63) is 78.0 Å². The summed E-state index contributed by atoms with van der Waals surface area (Å²) in [6.07, 6.45) is 0.783. The Labute approximate surface area is 187 Å². The minimum atomic E-state index is -1.12. The van der Waals surface area contributed by atoms with Gasteiger partial charge in [-0.3, -0.25) is 4.79 Å². The Hall–Kier alpha value is -3.35. The highest BCUT2D eigenvalue weighted by Gasteiger charge is 2.20. The van der Waals surface area contributed by atoms with Gasteiger partial charge in [0.15, 0.2) is 0 Å². The molecule has 0 radical (unpaired) electrons. The van der Waals surface area contributed by atoms with Gasteiger partial charge in [-0.05, 0) is 11.5 Å². The van der Waals surface area contributed by atoms with Crippen LogP contribution in [0.25, 0.3) is 28.5 Å². The van der Waals surface area contributed by atoms with Crippen molar-refractivity contribution < 1.29 is 20.1 Å². The summed E-state index contributed by atoms with van der Waals surface area (Å²) in [6.45, 7) is 4.07.